The fourth-order valence-corrected chi connectivity index (χ4v) is 2.31. The topological polar surface area (TPSA) is 95.0 Å². The molecular formula is C13H18N4O. The number of nitrogens with one attached hydrogen (secondary N) is 1. The summed E-state index contributed by atoms with van der Waals surface area (Å²) in [5, 5.41) is 22.3. The van der Waals surface area contributed by atoms with Gasteiger partial charge in [0.15, 0.2) is 0 Å². The Morgan fingerprint density at radius 3 is 2.94 bits per heavy atom. The van der Waals surface area contributed by atoms with Gasteiger partial charge < -0.3 is 16.2 Å². The van der Waals surface area contributed by atoms with Crippen LogP contribution in [0.2, 0.25) is 0 Å². The van der Waals surface area contributed by atoms with Gasteiger partial charge in [0.05, 0.1) is 29.6 Å². The molecule has 1 aliphatic carbocycles. The Hall–Kier alpha value is -1.80. The minimum Gasteiger partial charge on any atom is -0.397 e. The number of nitrogen functional groups attached to an aromatic ring is 1. The number of aliphatic hydroxyl groups is 1. The molecule has 0 aliphatic heterocycles. The predicted molar refractivity (Wildman–Crippen MR) is 69.9 cm³/mol. The van der Waals surface area contributed by atoms with Crippen LogP contribution in [-0.2, 0) is 0 Å². The maximum atomic E-state index is 10.0. The van der Waals surface area contributed by atoms with E-state index in [0.29, 0.717) is 17.1 Å². The van der Waals surface area contributed by atoms with Gasteiger partial charge in [0, 0.05) is 0 Å². The van der Waals surface area contributed by atoms with Crippen LogP contribution in [0.5, 0.6) is 0 Å². The maximum Gasteiger partial charge on any atom is 0.144 e. The number of nitrogens with zero attached hydrogens (tertiary/aromatic N) is 2. The quantitative estimate of drug-likeness (QED) is 0.689. The van der Waals surface area contributed by atoms with Crippen LogP contribution in [0.15, 0.2) is 12.3 Å². The number of nitrogens with two attached hydrogens (primary N) is 1. The first-order chi connectivity index (χ1) is 8.70. The Balaban J connectivity index is 2.15. The summed E-state index contributed by atoms with van der Waals surface area (Å²) in [6.07, 6.45) is 6.14. The van der Waals surface area contributed by atoms with Gasteiger partial charge in [0.25, 0.3) is 0 Å². The van der Waals surface area contributed by atoms with Crippen LogP contribution < -0.4 is 11.1 Å². The summed E-state index contributed by atoms with van der Waals surface area (Å²) in [7, 11) is 0. The standard InChI is InChI=1S/C13H18N4O/c14-7-9-6-10(15)8-16-13(9)17-11-4-2-1-3-5-12(11)18/h6,8,11-12,18H,1-5,15H2,(H,16,17). The fourth-order valence-electron chi connectivity index (χ4n) is 2.31. The lowest BCUT2D eigenvalue weighted by molar-refractivity contribution is 0.144. The van der Waals surface area contributed by atoms with Gasteiger partial charge in [-0.15, -0.1) is 0 Å². The van der Waals surface area contributed by atoms with E-state index in [1.54, 1.807) is 6.07 Å². The van der Waals surface area contributed by atoms with Gasteiger partial charge in [-0.1, -0.05) is 19.3 Å². The monoisotopic (exact) mass is 246 g/mol. The van der Waals surface area contributed by atoms with Crippen LogP contribution in [0.4, 0.5) is 11.5 Å². The maximum absolute atomic E-state index is 10.0. The molecule has 0 saturated heterocycles. The van der Waals surface area contributed by atoms with Crippen LogP contribution in [0.1, 0.15) is 37.7 Å². The molecule has 0 spiro atoms. The van der Waals surface area contributed by atoms with E-state index in [1.807, 2.05) is 0 Å². The SMILES string of the molecule is N#Cc1cc(N)cnc1NC1CCCCCC1O. The van der Waals surface area contributed by atoms with Crippen molar-refractivity contribution in [1.29, 1.82) is 5.26 Å². The van der Waals surface area contributed by atoms with E-state index < -0.39 is 0 Å². The zero-order valence-corrected chi connectivity index (χ0v) is 10.3. The lowest BCUT2D eigenvalue weighted by Crippen LogP contribution is -2.33. The van der Waals surface area contributed by atoms with Gasteiger partial charge in [-0.2, -0.15) is 5.26 Å². The van der Waals surface area contributed by atoms with E-state index in [1.165, 1.54) is 6.20 Å². The molecule has 5 nitrogen and oxygen atoms in total. The molecule has 1 aromatic heterocycles. The third kappa shape index (κ3) is 2.90. The highest BCUT2D eigenvalue weighted by Crippen LogP contribution is 2.23. The third-order valence-corrected chi connectivity index (χ3v) is 3.33. The fraction of sp³-hybridized carbons (Fsp3) is 0.538. The Kier molecular flexibility index (Phi) is 4.00. The second-order valence-electron chi connectivity index (χ2n) is 4.73. The van der Waals surface area contributed by atoms with Crippen molar-refractivity contribution in [3.05, 3.63) is 17.8 Å². The predicted octanol–water partition coefficient (Wildman–Crippen LogP) is 1.64. The molecule has 0 bridgehead atoms. The zero-order valence-electron chi connectivity index (χ0n) is 10.3. The summed E-state index contributed by atoms with van der Waals surface area (Å²) < 4.78 is 0. The Bertz CT molecular complexity index is 455. The van der Waals surface area contributed by atoms with Crippen molar-refractivity contribution < 1.29 is 5.11 Å². The lowest BCUT2D eigenvalue weighted by atomic mass is 10.1. The summed E-state index contributed by atoms with van der Waals surface area (Å²) >= 11 is 0. The molecule has 0 amide bonds. The first-order valence-electron chi connectivity index (χ1n) is 6.31. The van der Waals surface area contributed by atoms with Crippen molar-refractivity contribution in [3.8, 4) is 6.07 Å². The van der Waals surface area contributed by atoms with Crippen molar-refractivity contribution in [2.24, 2.45) is 0 Å². The Morgan fingerprint density at radius 1 is 1.39 bits per heavy atom. The highest BCUT2D eigenvalue weighted by atomic mass is 16.3. The lowest BCUT2D eigenvalue weighted by Gasteiger charge is -2.22. The number of aliphatic hydroxyl groups excluding tert-OH is 1. The number of pyridine rings is 1. The van der Waals surface area contributed by atoms with Crippen LogP contribution >= 0.6 is 0 Å². The molecule has 1 aliphatic rings. The molecule has 4 N–H and O–H groups in total. The van der Waals surface area contributed by atoms with Crippen molar-refractivity contribution in [2.75, 3.05) is 11.1 Å². The van der Waals surface area contributed by atoms with Crippen LogP contribution in [0, 0.1) is 11.3 Å². The van der Waals surface area contributed by atoms with Crippen molar-refractivity contribution >= 4 is 11.5 Å². The minimum absolute atomic E-state index is 0.0317. The smallest absolute Gasteiger partial charge is 0.144 e. The van der Waals surface area contributed by atoms with Gasteiger partial charge in [-0.05, 0) is 18.9 Å². The molecule has 5 heteroatoms. The molecular weight excluding hydrogens is 228 g/mol. The summed E-state index contributed by atoms with van der Waals surface area (Å²) in [4.78, 5) is 4.14. The van der Waals surface area contributed by atoms with Crippen molar-refractivity contribution in [2.45, 2.75) is 44.2 Å². The molecule has 2 rings (SSSR count). The Labute approximate surface area is 107 Å². The highest BCUT2D eigenvalue weighted by molar-refractivity contribution is 5.57. The average molecular weight is 246 g/mol. The van der Waals surface area contributed by atoms with E-state index in [4.69, 9.17) is 11.0 Å². The molecule has 2 atom stereocenters. The largest absolute Gasteiger partial charge is 0.397 e. The van der Waals surface area contributed by atoms with Crippen LogP contribution in [0.3, 0.4) is 0 Å². The second kappa shape index (κ2) is 5.69. The first-order valence-corrected chi connectivity index (χ1v) is 6.31. The summed E-state index contributed by atoms with van der Waals surface area (Å²) in [5.41, 5.74) is 6.49. The molecule has 1 fully saturated rings. The van der Waals surface area contributed by atoms with Gasteiger partial charge in [0.2, 0.25) is 0 Å². The first kappa shape index (κ1) is 12.7. The van der Waals surface area contributed by atoms with Gasteiger partial charge >= 0.3 is 0 Å². The second-order valence-corrected chi connectivity index (χ2v) is 4.73. The summed E-state index contributed by atoms with van der Waals surface area (Å²) in [6.45, 7) is 0. The highest BCUT2D eigenvalue weighted by Gasteiger charge is 2.22. The van der Waals surface area contributed by atoms with Crippen LogP contribution in [0.25, 0.3) is 0 Å². The Morgan fingerprint density at radius 2 is 2.17 bits per heavy atom. The van der Waals surface area contributed by atoms with Crippen molar-refractivity contribution in [3.63, 3.8) is 0 Å². The normalized spacial score (nSPS) is 24.0. The zero-order chi connectivity index (χ0) is 13.0. The molecule has 1 heterocycles. The molecule has 18 heavy (non-hydrogen) atoms. The minimum atomic E-state index is -0.376. The molecule has 96 valence electrons. The molecule has 0 aromatic carbocycles. The van der Waals surface area contributed by atoms with Gasteiger partial charge in [-0.25, -0.2) is 4.98 Å². The molecule has 0 radical (unpaired) electrons. The molecule has 1 saturated carbocycles. The number of hydrogen-bond donors (Lipinski definition) is 3. The van der Waals surface area contributed by atoms with E-state index in [0.717, 1.165) is 32.1 Å². The van der Waals surface area contributed by atoms with E-state index in [-0.39, 0.29) is 12.1 Å². The number of aromatic nitrogens is 1. The summed E-state index contributed by atoms with van der Waals surface area (Å²) in [5.74, 6) is 0.512. The molecule has 1 aromatic rings. The summed E-state index contributed by atoms with van der Waals surface area (Å²) in [6, 6.07) is 3.63. The number of nitriles is 1. The van der Waals surface area contributed by atoms with Crippen molar-refractivity contribution in [1.82, 2.24) is 4.98 Å². The number of hydrogen-bond acceptors (Lipinski definition) is 5. The average Bonchev–Trinajstić information content (AvgIpc) is 2.57. The van der Waals surface area contributed by atoms with E-state index in [2.05, 4.69) is 16.4 Å². The third-order valence-electron chi connectivity index (χ3n) is 3.33. The van der Waals surface area contributed by atoms with Gasteiger partial charge in [0.1, 0.15) is 11.9 Å². The number of anilines is 2. The van der Waals surface area contributed by atoms with Gasteiger partial charge in [-0.3, -0.25) is 0 Å². The van der Waals surface area contributed by atoms with E-state index in [9.17, 15) is 5.11 Å². The van der Waals surface area contributed by atoms with E-state index >= 15 is 0 Å². The molecule has 2 unspecified atom stereocenters. The number of rotatable bonds is 2. The van der Waals surface area contributed by atoms with Crippen LogP contribution in [-0.4, -0.2) is 22.2 Å².